The average molecular weight is 452 g/mol. The van der Waals surface area contributed by atoms with Crippen molar-refractivity contribution < 1.29 is 9.72 Å². The van der Waals surface area contributed by atoms with Gasteiger partial charge in [-0.1, -0.05) is 30.0 Å². The van der Waals surface area contributed by atoms with E-state index in [0.29, 0.717) is 11.6 Å². The Labute approximate surface area is 188 Å². The van der Waals surface area contributed by atoms with E-state index in [1.807, 2.05) is 18.2 Å². The summed E-state index contributed by atoms with van der Waals surface area (Å²) >= 11 is 1.18. The lowest BCUT2D eigenvalue weighted by molar-refractivity contribution is -0.383. The maximum absolute atomic E-state index is 12.8. The minimum absolute atomic E-state index is 0.00478. The molecule has 3 aromatic rings. The van der Waals surface area contributed by atoms with Gasteiger partial charge in [-0.05, 0) is 43.9 Å². The molecule has 0 fully saturated rings. The summed E-state index contributed by atoms with van der Waals surface area (Å²) in [5.74, 6) is -0.400. The van der Waals surface area contributed by atoms with E-state index in [0.717, 1.165) is 42.6 Å². The molecule has 164 valence electrons. The topological polar surface area (TPSA) is 120 Å². The first-order chi connectivity index (χ1) is 15.5. The Kier molecular flexibility index (Phi) is 6.60. The molecule has 0 saturated heterocycles. The average Bonchev–Trinajstić information content (AvgIpc) is 2.80. The zero-order chi connectivity index (χ0) is 22.5. The normalized spacial score (nSPS) is 12.8. The van der Waals surface area contributed by atoms with Crippen molar-refractivity contribution in [1.29, 1.82) is 0 Å². The zero-order valence-corrected chi connectivity index (χ0v) is 18.0. The Morgan fingerprint density at radius 1 is 1.16 bits per heavy atom. The predicted molar refractivity (Wildman–Crippen MR) is 121 cm³/mol. The van der Waals surface area contributed by atoms with E-state index in [4.69, 9.17) is 0 Å². The largest absolute Gasteiger partial charge is 0.349 e. The van der Waals surface area contributed by atoms with Crippen LogP contribution in [0.3, 0.4) is 0 Å². The van der Waals surface area contributed by atoms with Crippen molar-refractivity contribution in [2.75, 3.05) is 11.1 Å². The molecule has 1 aromatic carbocycles. The van der Waals surface area contributed by atoms with E-state index >= 15 is 0 Å². The van der Waals surface area contributed by atoms with Crippen LogP contribution in [-0.2, 0) is 24.2 Å². The highest BCUT2D eigenvalue weighted by atomic mass is 32.2. The molecule has 0 aliphatic heterocycles. The van der Waals surface area contributed by atoms with Gasteiger partial charge in [-0.25, -0.2) is 4.79 Å². The van der Waals surface area contributed by atoms with Crippen molar-refractivity contribution in [1.82, 2.24) is 14.5 Å². The molecule has 1 amide bonds. The maximum Gasteiger partial charge on any atom is 0.349 e. The summed E-state index contributed by atoms with van der Waals surface area (Å²) in [4.78, 5) is 44.4. The summed E-state index contributed by atoms with van der Waals surface area (Å²) in [5.41, 5.74) is 2.34. The van der Waals surface area contributed by atoms with E-state index in [1.54, 1.807) is 22.9 Å². The number of hydrogen-bond acceptors (Lipinski definition) is 7. The highest BCUT2D eigenvalue weighted by molar-refractivity contribution is 8.00. The number of para-hydroxylation sites is 2. The highest BCUT2D eigenvalue weighted by Crippen LogP contribution is 2.29. The SMILES string of the molecule is O=C(CSc1nc(=O)n(Cc2ccccn2)c2c1CCCC2)Nc1ccccc1[N+](=O)[O-]. The standard InChI is InChI=1S/C22H21N5O4S/c28-20(24-17-9-2-4-11-19(17)27(30)31)14-32-21-16-8-1-3-10-18(16)26(22(29)25-21)13-15-7-5-6-12-23-15/h2,4-7,9,11-12H,1,3,8,10,13-14H2,(H,24,28). The summed E-state index contributed by atoms with van der Waals surface area (Å²) in [5, 5.41) is 14.3. The lowest BCUT2D eigenvalue weighted by Gasteiger charge is -2.22. The van der Waals surface area contributed by atoms with Crippen LogP contribution in [0.1, 0.15) is 29.8 Å². The van der Waals surface area contributed by atoms with Crippen LogP contribution in [0.4, 0.5) is 11.4 Å². The molecule has 1 aliphatic carbocycles. The molecule has 0 radical (unpaired) electrons. The van der Waals surface area contributed by atoms with Crippen molar-refractivity contribution in [2.45, 2.75) is 37.3 Å². The molecule has 0 bridgehead atoms. The maximum atomic E-state index is 12.8. The van der Waals surface area contributed by atoms with Crippen LogP contribution in [0.5, 0.6) is 0 Å². The predicted octanol–water partition coefficient (Wildman–Crippen LogP) is 3.20. The van der Waals surface area contributed by atoms with Gasteiger partial charge in [-0.3, -0.25) is 24.5 Å². The Bertz CT molecular complexity index is 1210. The first kappa shape index (κ1) is 21.7. The Morgan fingerprint density at radius 2 is 1.94 bits per heavy atom. The minimum atomic E-state index is -0.540. The summed E-state index contributed by atoms with van der Waals surface area (Å²) < 4.78 is 1.67. The number of nitro groups is 1. The van der Waals surface area contributed by atoms with Gasteiger partial charge in [0.2, 0.25) is 5.91 Å². The third kappa shape index (κ3) is 4.86. The number of nitrogens with zero attached hydrogens (tertiary/aromatic N) is 4. The van der Waals surface area contributed by atoms with Crippen LogP contribution in [0.2, 0.25) is 0 Å². The zero-order valence-electron chi connectivity index (χ0n) is 17.2. The molecule has 1 aliphatic rings. The molecular formula is C22H21N5O4S. The first-order valence-corrected chi connectivity index (χ1v) is 11.2. The lowest BCUT2D eigenvalue weighted by atomic mass is 9.97. The Morgan fingerprint density at radius 3 is 2.72 bits per heavy atom. The Balaban J connectivity index is 1.53. The molecule has 32 heavy (non-hydrogen) atoms. The molecular weight excluding hydrogens is 430 g/mol. The molecule has 2 heterocycles. The Hall–Kier alpha value is -3.53. The van der Waals surface area contributed by atoms with Crippen LogP contribution in [0.15, 0.2) is 58.5 Å². The smallest absolute Gasteiger partial charge is 0.320 e. The number of carbonyl (C=O) groups is 1. The van der Waals surface area contributed by atoms with Crippen molar-refractivity contribution in [3.63, 3.8) is 0 Å². The fraction of sp³-hybridized carbons (Fsp3) is 0.273. The van der Waals surface area contributed by atoms with Gasteiger partial charge in [0, 0.05) is 23.5 Å². The van der Waals surface area contributed by atoms with Crippen LogP contribution < -0.4 is 11.0 Å². The van der Waals surface area contributed by atoms with Crippen LogP contribution in [0.25, 0.3) is 0 Å². The van der Waals surface area contributed by atoms with Gasteiger partial charge in [0.1, 0.15) is 10.7 Å². The molecule has 0 spiro atoms. The van der Waals surface area contributed by atoms with E-state index in [-0.39, 0.29) is 22.8 Å². The molecule has 0 saturated carbocycles. The second-order valence-corrected chi connectivity index (χ2v) is 8.31. The second kappa shape index (κ2) is 9.73. The highest BCUT2D eigenvalue weighted by Gasteiger charge is 2.22. The third-order valence-electron chi connectivity index (χ3n) is 5.21. The number of benzene rings is 1. The molecule has 10 heteroatoms. The third-order valence-corrected chi connectivity index (χ3v) is 6.23. The number of pyridine rings is 1. The lowest BCUT2D eigenvalue weighted by Crippen LogP contribution is -2.31. The number of fused-ring (bicyclic) bond motifs is 1. The number of rotatable bonds is 7. The quantitative estimate of drug-likeness (QED) is 0.253. The van der Waals surface area contributed by atoms with Gasteiger partial charge < -0.3 is 5.32 Å². The number of anilines is 1. The van der Waals surface area contributed by atoms with Crippen LogP contribution in [0, 0.1) is 10.1 Å². The van der Waals surface area contributed by atoms with Crippen LogP contribution >= 0.6 is 11.8 Å². The fourth-order valence-corrected chi connectivity index (χ4v) is 4.62. The van der Waals surface area contributed by atoms with Gasteiger partial charge >= 0.3 is 5.69 Å². The number of thioether (sulfide) groups is 1. The van der Waals surface area contributed by atoms with Crippen molar-refractivity contribution in [3.05, 3.63) is 86.2 Å². The molecule has 2 aromatic heterocycles. The second-order valence-electron chi connectivity index (χ2n) is 7.35. The van der Waals surface area contributed by atoms with E-state index in [1.165, 1.54) is 23.9 Å². The number of nitrogens with one attached hydrogen (secondary N) is 1. The minimum Gasteiger partial charge on any atom is -0.320 e. The number of nitro benzene ring substituents is 1. The van der Waals surface area contributed by atoms with Crippen LogP contribution in [-0.4, -0.2) is 31.1 Å². The van der Waals surface area contributed by atoms with Gasteiger partial charge in [-0.2, -0.15) is 4.98 Å². The summed E-state index contributed by atoms with van der Waals surface area (Å²) in [7, 11) is 0. The van der Waals surface area contributed by atoms with E-state index < -0.39 is 10.8 Å². The van der Waals surface area contributed by atoms with Gasteiger partial charge in [0.25, 0.3) is 5.69 Å². The number of carbonyl (C=O) groups excluding carboxylic acids is 1. The van der Waals surface area contributed by atoms with Crippen molar-refractivity contribution in [2.24, 2.45) is 0 Å². The van der Waals surface area contributed by atoms with E-state index in [9.17, 15) is 19.7 Å². The van der Waals surface area contributed by atoms with Gasteiger partial charge in [-0.15, -0.1) is 0 Å². The summed E-state index contributed by atoms with van der Waals surface area (Å²) in [6.07, 6.45) is 5.24. The summed E-state index contributed by atoms with van der Waals surface area (Å²) in [6, 6.07) is 11.6. The molecule has 1 N–H and O–H groups in total. The first-order valence-electron chi connectivity index (χ1n) is 10.2. The number of hydrogen-bond donors (Lipinski definition) is 1. The molecule has 0 unspecified atom stereocenters. The summed E-state index contributed by atoms with van der Waals surface area (Å²) in [6.45, 7) is 0.359. The monoisotopic (exact) mass is 451 g/mol. The molecule has 0 atom stereocenters. The number of aromatic nitrogens is 3. The van der Waals surface area contributed by atoms with Crippen molar-refractivity contribution in [3.8, 4) is 0 Å². The van der Waals surface area contributed by atoms with Gasteiger partial charge in [0.15, 0.2) is 0 Å². The number of amides is 1. The fourth-order valence-electron chi connectivity index (χ4n) is 3.74. The molecule has 4 rings (SSSR count). The van der Waals surface area contributed by atoms with E-state index in [2.05, 4.69) is 15.3 Å². The van der Waals surface area contributed by atoms with Gasteiger partial charge in [0.05, 0.1) is 22.9 Å². The van der Waals surface area contributed by atoms with Crippen molar-refractivity contribution >= 4 is 29.0 Å². The molecule has 9 nitrogen and oxygen atoms in total.